The van der Waals surface area contributed by atoms with Gasteiger partial charge in [0, 0.05) is 30.5 Å². The quantitative estimate of drug-likeness (QED) is 0.457. The molecule has 84 valence electrons. The minimum Gasteiger partial charge on any atom is -0.496 e. The Morgan fingerprint density at radius 3 is 2.71 bits per heavy atom. The highest BCUT2D eigenvalue weighted by Crippen LogP contribution is 2.26. The fourth-order valence-corrected chi connectivity index (χ4v) is 2.34. The van der Waals surface area contributed by atoms with Crippen LogP contribution in [-0.4, -0.2) is 7.11 Å². The van der Waals surface area contributed by atoms with Crippen LogP contribution < -0.4 is 9.14 Å². The van der Waals surface area contributed by atoms with Crippen molar-refractivity contribution in [2.45, 2.75) is 6.92 Å². The summed E-state index contributed by atoms with van der Waals surface area (Å²) in [6.07, 6.45) is 2.09. The number of hydrogen-bond donors (Lipinski definition) is 0. The predicted molar refractivity (Wildman–Crippen MR) is 68.4 cm³/mol. The number of rotatable bonds is 1. The third kappa shape index (κ3) is 1.45. The molecule has 3 aromatic rings. The minimum absolute atomic E-state index is 0.928. The molecule has 0 amide bonds. The van der Waals surface area contributed by atoms with E-state index >= 15 is 0 Å². The molecule has 0 fully saturated rings. The zero-order chi connectivity index (χ0) is 11.8. The van der Waals surface area contributed by atoms with E-state index in [1.165, 1.54) is 22.0 Å². The Hall–Kier alpha value is -2.09. The molecule has 0 radical (unpaired) electrons. The molecule has 0 saturated heterocycles. The second kappa shape index (κ2) is 3.74. The molecule has 0 aliphatic rings. The number of nitrogens with zero attached hydrogens (tertiary/aromatic N) is 1. The van der Waals surface area contributed by atoms with Crippen molar-refractivity contribution in [3.63, 3.8) is 0 Å². The van der Waals surface area contributed by atoms with Crippen molar-refractivity contribution in [2.75, 3.05) is 7.11 Å². The number of ether oxygens (including phenoxy) is 1. The molecule has 2 aromatic heterocycles. The smallest absolute Gasteiger partial charge is 0.211 e. The molecule has 2 nitrogen and oxygen atoms in total. The summed E-state index contributed by atoms with van der Waals surface area (Å²) in [4.78, 5) is 0. The summed E-state index contributed by atoms with van der Waals surface area (Å²) in [7, 11) is 1.71. The van der Waals surface area contributed by atoms with Crippen molar-refractivity contribution in [3.05, 3.63) is 54.4 Å². The summed E-state index contributed by atoms with van der Waals surface area (Å²) in [5, 5.41) is 2.40. The van der Waals surface area contributed by atoms with E-state index in [1.807, 2.05) is 18.2 Å². The van der Waals surface area contributed by atoms with Crippen LogP contribution in [0.1, 0.15) is 5.69 Å². The average molecular weight is 224 g/mol. The van der Waals surface area contributed by atoms with E-state index < -0.39 is 0 Å². The lowest BCUT2D eigenvalue weighted by atomic mass is 10.1. The van der Waals surface area contributed by atoms with Gasteiger partial charge in [0.2, 0.25) is 5.52 Å². The summed E-state index contributed by atoms with van der Waals surface area (Å²) in [5.74, 6) is 0.928. The van der Waals surface area contributed by atoms with Gasteiger partial charge < -0.3 is 4.74 Å². The molecule has 3 rings (SSSR count). The first kappa shape index (κ1) is 10.1. The lowest BCUT2D eigenvalue weighted by Crippen LogP contribution is -2.25. The van der Waals surface area contributed by atoms with Crippen LogP contribution in [0.15, 0.2) is 48.7 Å². The van der Waals surface area contributed by atoms with E-state index in [-0.39, 0.29) is 0 Å². The van der Waals surface area contributed by atoms with Crippen molar-refractivity contribution in [2.24, 2.45) is 0 Å². The van der Waals surface area contributed by atoms with Crippen LogP contribution in [0, 0.1) is 6.92 Å². The number of pyridine rings is 2. The highest BCUT2D eigenvalue weighted by atomic mass is 16.5. The van der Waals surface area contributed by atoms with Gasteiger partial charge >= 0.3 is 0 Å². The Kier molecular flexibility index (Phi) is 2.22. The molecular formula is C15H14NO+. The molecule has 0 N–H and O–H groups in total. The zero-order valence-corrected chi connectivity index (χ0v) is 9.97. The molecule has 0 bridgehead atoms. The molecule has 2 heterocycles. The van der Waals surface area contributed by atoms with Crippen molar-refractivity contribution in [1.29, 1.82) is 0 Å². The fourth-order valence-electron chi connectivity index (χ4n) is 2.34. The molecule has 0 aliphatic heterocycles. The van der Waals surface area contributed by atoms with Crippen LogP contribution in [0.3, 0.4) is 0 Å². The van der Waals surface area contributed by atoms with E-state index in [9.17, 15) is 0 Å². The van der Waals surface area contributed by atoms with Gasteiger partial charge in [-0.1, -0.05) is 6.07 Å². The highest BCUT2D eigenvalue weighted by Gasteiger charge is 2.13. The van der Waals surface area contributed by atoms with E-state index in [2.05, 4.69) is 41.8 Å². The lowest BCUT2D eigenvalue weighted by Gasteiger charge is -2.06. The summed E-state index contributed by atoms with van der Waals surface area (Å²) in [5.41, 5.74) is 2.42. The summed E-state index contributed by atoms with van der Waals surface area (Å²) in [6, 6.07) is 14.5. The van der Waals surface area contributed by atoms with Gasteiger partial charge in [-0.25, -0.2) is 0 Å². The van der Waals surface area contributed by atoms with Crippen molar-refractivity contribution in [1.82, 2.24) is 0 Å². The number of benzene rings is 1. The number of fused-ring (bicyclic) bond motifs is 2. The zero-order valence-electron chi connectivity index (χ0n) is 9.97. The molecular weight excluding hydrogens is 210 g/mol. The normalized spacial score (nSPS) is 10.9. The van der Waals surface area contributed by atoms with Crippen molar-refractivity contribution in [3.8, 4) is 5.75 Å². The first-order chi connectivity index (χ1) is 8.31. The van der Waals surface area contributed by atoms with Crippen LogP contribution in [0.25, 0.3) is 16.3 Å². The maximum atomic E-state index is 5.42. The molecule has 17 heavy (non-hydrogen) atoms. The average Bonchev–Trinajstić information content (AvgIpc) is 2.38. The third-order valence-corrected chi connectivity index (χ3v) is 3.22. The van der Waals surface area contributed by atoms with E-state index in [4.69, 9.17) is 4.74 Å². The Bertz CT molecular complexity index is 704. The Labute approximate surface area is 100 Å². The van der Waals surface area contributed by atoms with Crippen molar-refractivity contribution < 1.29 is 9.14 Å². The van der Waals surface area contributed by atoms with Crippen LogP contribution in [-0.2, 0) is 0 Å². The highest BCUT2D eigenvalue weighted by molar-refractivity contribution is 5.91. The maximum absolute atomic E-state index is 5.42. The molecule has 0 saturated carbocycles. The van der Waals surface area contributed by atoms with Crippen LogP contribution in [0.4, 0.5) is 0 Å². The van der Waals surface area contributed by atoms with Gasteiger partial charge in [-0.15, -0.1) is 0 Å². The largest absolute Gasteiger partial charge is 0.496 e. The standard InChI is InChI=1S/C15H14NO/c1-11-13-7-5-8-15(17-2)14(13)10-12-6-3-4-9-16(11)12/h3-10H,1-2H3/q+1. The lowest BCUT2D eigenvalue weighted by molar-refractivity contribution is -0.518. The second-order valence-corrected chi connectivity index (χ2v) is 4.15. The minimum atomic E-state index is 0.928. The number of aryl methyl sites for hydroxylation is 1. The van der Waals surface area contributed by atoms with E-state index in [1.54, 1.807) is 7.11 Å². The predicted octanol–water partition coefficient (Wildman–Crippen LogP) is 2.90. The van der Waals surface area contributed by atoms with Crippen LogP contribution in [0.2, 0.25) is 0 Å². The maximum Gasteiger partial charge on any atom is 0.211 e. The van der Waals surface area contributed by atoms with Gasteiger partial charge in [0.05, 0.1) is 12.5 Å². The SMILES string of the molecule is COc1cccc2c(C)[n+]3ccccc3cc12. The Morgan fingerprint density at radius 2 is 1.88 bits per heavy atom. The molecule has 0 unspecified atom stereocenters. The van der Waals surface area contributed by atoms with Gasteiger partial charge in [0.1, 0.15) is 5.75 Å². The van der Waals surface area contributed by atoms with Gasteiger partial charge in [-0.2, -0.15) is 4.40 Å². The molecule has 0 atom stereocenters. The Morgan fingerprint density at radius 1 is 1.00 bits per heavy atom. The summed E-state index contributed by atoms with van der Waals surface area (Å²) in [6.45, 7) is 2.13. The number of aromatic nitrogens is 1. The van der Waals surface area contributed by atoms with E-state index in [0.29, 0.717) is 0 Å². The molecule has 2 heteroatoms. The monoisotopic (exact) mass is 224 g/mol. The molecule has 0 spiro atoms. The Balaban J connectivity index is 2.54. The molecule has 0 aliphatic carbocycles. The second-order valence-electron chi connectivity index (χ2n) is 4.15. The van der Waals surface area contributed by atoms with Gasteiger partial charge in [-0.3, -0.25) is 0 Å². The number of methoxy groups -OCH3 is 1. The van der Waals surface area contributed by atoms with E-state index in [0.717, 1.165) is 5.75 Å². The van der Waals surface area contributed by atoms with Crippen LogP contribution >= 0.6 is 0 Å². The summed E-state index contributed by atoms with van der Waals surface area (Å²) >= 11 is 0. The summed E-state index contributed by atoms with van der Waals surface area (Å²) < 4.78 is 7.62. The third-order valence-electron chi connectivity index (χ3n) is 3.22. The van der Waals surface area contributed by atoms with Gasteiger partial charge in [0.15, 0.2) is 11.9 Å². The van der Waals surface area contributed by atoms with Gasteiger partial charge in [0.25, 0.3) is 0 Å². The number of hydrogen-bond acceptors (Lipinski definition) is 1. The first-order valence-corrected chi connectivity index (χ1v) is 5.68. The molecule has 1 aromatic carbocycles. The topological polar surface area (TPSA) is 13.3 Å². The van der Waals surface area contributed by atoms with Crippen LogP contribution in [0.5, 0.6) is 5.75 Å². The first-order valence-electron chi connectivity index (χ1n) is 5.68. The van der Waals surface area contributed by atoms with Gasteiger partial charge in [-0.05, 0) is 18.2 Å². The fraction of sp³-hybridized carbons (Fsp3) is 0.133. The van der Waals surface area contributed by atoms with Crippen molar-refractivity contribution >= 4 is 16.3 Å².